The number of nitrogens with one attached hydrogen (secondary N) is 2. The molecule has 0 bridgehead atoms. The van der Waals surface area contributed by atoms with Crippen LogP contribution in [0.5, 0.6) is 11.5 Å². The Morgan fingerprint density at radius 3 is 2.61 bits per heavy atom. The molecule has 3 fully saturated rings. The number of carbonyl (C=O) groups is 4. The molecular formula is C45H63N5O9. The van der Waals surface area contributed by atoms with Crippen LogP contribution in [0.4, 0.5) is 4.79 Å². The van der Waals surface area contributed by atoms with Crippen LogP contribution in [0.1, 0.15) is 104 Å². The van der Waals surface area contributed by atoms with Gasteiger partial charge in [0.05, 0.1) is 37.6 Å². The predicted octanol–water partition coefficient (Wildman–Crippen LogP) is 5.41. The minimum Gasteiger partial charge on any atom is -0.492 e. The molecule has 3 amide bonds. The molecule has 0 radical (unpaired) electrons. The maximum absolute atomic E-state index is 14.9. The first-order valence-corrected chi connectivity index (χ1v) is 21.9. The maximum Gasteiger partial charge on any atom is 0.408 e. The number of fused-ring (bicyclic) bond motifs is 5. The Labute approximate surface area is 348 Å². The smallest absolute Gasteiger partial charge is 0.408 e. The van der Waals surface area contributed by atoms with Crippen molar-refractivity contribution in [2.45, 2.75) is 134 Å². The van der Waals surface area contributed by atoms with Gasteiger partial charge in [0, 0.05) is 42.9 Å². The zero-order valence-corrected chi connectivity index (χ0v) is 35.6. The van der Waals surface area contributed by atoms with Gasteiger partial charge in [-0.05, 0) is 97.3 Å². The number of rotatable bonds is 8. The average Bonchev–Trinajstić information content (AvgIpc) is 3.57. The van der Waals surface area contributed by atoms with Crippen LogP contribution in [0, 0.1) is 5.92 Å². The number of esters is 1. The number of aryl methyl sites for hydroxylation is 2. The highest BCUT2D eigenvalue weighted by molar-refractivity contribution is 5.96. The van der Waals surface area contributed by atoms with Gasteiger partial charge in [-0.1, -0.05) is 31.9 Å². The van der Waals surface area contributed by atoms with Gasteiger partial charge in [-0.15, -0.1) is 0 Å². The average molecular weight is 818 g/mol. The molecule has 14 heteroatoms. The van der Waals surface area contributed by atoms with Gasteiger partial charge in [0.15, 0.2) is 0 Å². The summed E-state index contributed by atoms with van der Waals surface area (Å²) in [5.74, 6) is -0.0649. The summed E-state index contributed by atoms with van der Waals surface area (Å²) in [7, 11) is 0. The minimum absolute atomic E-state index is 0.122. The van der Waals surface area contributed by atoms with E-state index in [0.717, 1.165) is 86.4 Å². The number of allylic oxidation sites excluding steroid dienone is 1. The molecule has 1 saturated carbocycles. The summed E-state index contributed by atoms with van der Waals surface area (Å²) in [6, 6.07) is 4.10. The van der Waals surface area contributed by atoms with Crippen molar-refractivity contribution < 1.29 is 42.9 Å². The molecule has 2 aromatic rings. The third kappa shape index (κ3) is 9.48. The number of benzene rings is 1. The fourth-order valence-corrected chi connectivity index (χ4v) is 9.29. The molecule has 5 atom stereocenters. The topological polar surface area (TPSA) is 158 Å². The van der Waals surface area contributed by atoms with E-state index in [9.17, 15) is 19.2 Å². The number of hydrogen-bond acceptors (Lipinski definition) is 11. The SMILES string of the molecule is CCOC(=O)C12CCC1C=CCCCCCC(NC(=O)OC(C)(C)C)C(=O)N1CC3(CCc4c(c(CC)nc5ccc(OCCN6CCOCC6)cc45)O3)CC1C(=O)N2. The van der Waals surface area contributed by atoms with E-state index < -0.39 is 46.8 Å². The lowest BCUT2D eigenvalue weighted by atomic mass is 9.66. The molecule has 14 nitrogen and oxygen atoms in total. The van der Waals surface area contributed by atoms with Crippen LogP contribution in [-0.2, 0) is 41.4 Å². The van der Waals surface area contributed by atoms with Crippen LogP contribution in [0.15, 0.2) is 30.4 Å². The van der Waals surface area contributed by atoms with Crippen LogP contribution < -0.4 is 20.1 Å². The number of morpholine rings is 1. The molecule has 2 saturated heterocycles. The first-order valence-electron chi connectivity index (χ1n) is 21.9. The lowest BCUT2D eigenvalue weighted by Crippen LogP contribution is -2.67. The molecule has 322 valence electrons. The van der Waals surface area contributed by atoms with Crippen LogP contribution >= 0.6 is 0 Å². The largest absolute Gasteiger partial charge is 0.492 e. The Balaban J connectivity index is 1.20. The zero-order valence-electron chi connectivity index (χ0n) is 35.6. The molecule has 5 aliphatic rings. The standard InChI is InChI=1S/C45H63N5O9/c1-6-34-38-32(33-27-31(15-16-35(33)46-34)57-26-23-49-21-24-55-25-22-49)18-19-44(58-38)28-37-39(51)48-45(41(53)56-7-2)20-17-30(45)13-11-9-8-10-12-14-36(40(52)50(37)29-44)47-42(54)59-43(3,4)5/h11,13,15-16,27,30,36-37H,6-10,12,14,17-26,28-29H2,1-5H3,(H,47,54)(H,48,51). The number of aromatic nitrogens is 1. The molecule has 1 spiro atoms. The van der Waals surface area contributed by atoms with Gasteiger partial charge in [-0.25, -0.2) is 14.6 Å². The normalized spacial score (nSPS) is 27.9. The monoisotopic (exact) mass is 817 g/mol. The second-order valence-electron chi connectivity index (χ2n) is 17.8. The summed E-state index contributed by atoms with van der Waals surface area (Å²) >= 11 is 0. The van der Waals surface area contributed by atoms with Crippen molar-refractivity contribution in [2.75, 3.05) is 52.6 Å². The van der Waals surface area contributed by atoms with E-state index in [0.29, 0.717) is 50.9 Å². The number of carbonyl (C=O) groups excluding carboxylic acids is 4. The minimum atomic E-state index is -1.23. The first-order chi connectivity index (χ1) is 28.3. The van der Waals surface area contributed by atoms with Crippen molar-refractivity contribution in [1.29, 1.82) is 0 Å². The van der Waals surface area contributed by atoms with Crippen molar-refractivity contribution in [3.8, 4) is 11.5 Å². The van der Waals surface area contributed by atoms with E-state index in [1.165, 1.54) is 0 Å². The number of hydrogen-bond donors (Lipinski definition) is 2. The second-order valence-corrected chi connectivity index (χ2v) is 17.8. The zero-order chi connectivity index (χ0) is 41.8. The lowest BCUT2D eigenvalue weighted by Gasteiger charge is -2.47. The number of alkyl carbamates (subject to hydrolysis) is 1. The number of ether oxygens (including phenoxy) is 5. The van der Waals surface area contributed by atoms with Crippen LogP contribution in [0.25, 0.3) is 10.9 Å². The van der Waals surface area contributed by atoms with Crippen LogP contribution in [0.3, 0.4) is 0 Å². The van der Waals surface area contributed by atoms with Gasteiger partial charge in [0.2, 0.25) is 11.8 Å². The highest BCUT2D eigenvalue weighted by Crippen LogP contribution is 2.46. The Kier molecular flexibility index (Phi) is 13.1. The summed E-state index contributed by atoms with van der Waals surface area (Å²) in [6.07, 6.45) is 10.2. The van der Waals surface area contributed by atoms with E-state index in [1.54, 1.807) is 32.6 Å². The van der Waals surface area contributed by atoms with Gasteiger partial charge in [0.1, 0.15) is 46.9 Å². The number of pyridine rings is 1. The van der Waals surface area contributed by atoms with E-state index >= 15 is 0 Å². The van der Waals surface area contributed by atoms with Gasteiger partial charge in [-0.3, -0.25) is 14.5 Å². The maximum atomic E-state index is 14.9. The number of nitrogens with zero attached hydrogens (tertiary/aromatic N) is 3. The summed E-state index contributed by atoms with van der Waals surface area (Å²) in [6.45, 7) is 14.1. The fraction of sp³-hybridized carbons (Fsp3) is 0.667. The van der Waals surface area contributed by atoms with Crippen molar-refractivity contribution in [3.63, 3.8) is 0 Å². The van der Waals surface area contributed by atoms with E-state index in [2.05, 4.69) is 21.6 Å². The second kappa shape index (κ2) is 18.0. The Morgan fingerprint density at radius 2 is 1.88 bits per heavy atom. The molecular weight excluding hydrogens is 755 g/mol. The summed E-state index contributed by atoms with van der Waals surface area (Å²) < 4.78 is 30.0. The Bertz CT molecular complexity index is 1910. The highest BCUT2D eigenvalue weighted by Gasteiger charge is 2.58. The molecule has 5 heterocycles. The van der Waals surface area contributed by atoms with Gasteiger partial charge < -0.3 is 39.2 Å². The van der Waals surface area contributed by atoms with Crippen LogP contribution in [0.2, 0.25) is 0 Å². The first kappa shape index (κ1) is 42.7. The van der Waals surface area contributed by atoms with Crippen molar-refractivity contribution in [1.82, 2.24) is 25.4 Å². The molecule has 1 aromatic heterocycles. The number of amides is 3. The lowest BCUT2D eigenvalue weighted by molar-refractivity contribution is -0.161. The Hall–Kier alpha value is -4.43. The predicted molar refractivity (Wildman–Crippen MR) is 221 cm³/mol. The molecule has 2 N–H and O–H groups in total. The van der Waals surface area contributed by atoms with Gasteiger partial charge in [0.25, 0.3) is 0 Å². The third-order valence-corrected chi connectivity index (χ3v) is 12.5. The quantitative estimate of drug-likeness (QED) is 0.259. The molecule has 1 aliphatic carbocycles. The van der Waals surface area contributed by atoms with Crippen LogP contribution in [-0.4, -0.2) is 120 Å². The van der Waals surface area contributed by atoms with Gasteiger partial charge >= 0.3 is 12.1 Å². The fourth-order valence-electron chi connectivity index (χ4n) is 9.29. The molecule has 7 rings (SSSR count). The van der Waals surface area contributed by atoms with Gasteiger partial charge in [-0.2, -0.15) is 0 Å². The molecule has 4 aliphatic heterocycles. The summed E-state index contributed by atoms with van der Waals surface area (Å²) in [5, 5.41) is 6.95. The van der Waals surface area contributed by atoms with Crippen molar-refractivity contribution in [3.05, 3.63) is 41.6 Å². The van der Waals surface area contributed by atoms with Crippen molar-refractivity contribution >= 4 is 34.8 Å². The molecule has 1 aromatic carbocycles. The molecule has 5 unspecified atom stereocenters. The van der Waals surface area contributed by atoms with E-state index in [1.807, 2.05) is 31.2 Å². The van der Waals surface area contributed by atoms with Crippen molar-refractivity contribution in [2.24, 2.45) is 5.92 Å². The van der Waals surface area contributed by atoms with E-state index in [4.69, 9.17) is 28.7 Å². The third-order valence-electron chi connectivity index (χ3n) is 12.5. The molecule has 59 heavy (non-hydrogen) atoms. The summed E-state index contributed by atoms with van der Waals surface area (Å²) in [5.41, 5.74) is -0.224. The highest BCUT2D eigenvalue weighted by atomic mass is 16.6. The Morgan fingerprint density at radius 1 is 1.07 bits per heavy atom. The van der Waals surface area contributed by atoms with E-state index in [-0.39, 0.29) is 31.4 Å². The summed E-state index contributed by atoms with van der Waals surface area (Å²) in [4.78, 5) is 65.4.